The first-order valence-electron chi connectivity index (χ1n) is 5.54. The van der Waals surface area contributed by atoms with Crippen LogP contribution in [0.1, 0.15) is 10.5 Å². The van der Waals surface area contributed by atoms with Crippen molar-refractivity contribution in [3.05, 3.63) is 42.4 Å². The van der Waals surface area contributed by atoms with Crippen LogP contribution in [-0.2, 0) is 4.74 Å². The second-order valence-corrected chi connectivity index (χ2v) is 4.51. The average Bonchev–Trinajstić information content (AvgIpc) is 2.47. The number of carbonyl (C=O) groups excluding carboxylic acids is 1. The van der Waals surface area contributed by atoms with Crippen molar-refractivity contribution in [2.24, 2.45) is 0 Å². The summed E-state index contributed by atoms with van der Waals surface area (Å²) in [5, 5.41) is 3.08. The van der Waals surface area contributed by atoms with Crippen molar-refractivity contribution in [3.63, 3.8) is 0 Å². The van der Waals surface area contributed by atoms with Crippen LogP contribution in [0.15, 0.2) is 41.6 Å². The maximum atomic E-state index is 11.3. The maximum absolute atomic E-state index is 11.3. The van der Waals surface area contributed by atoms with Crippen LogP contribution in [0, 0.1) is 0 Å². The summed E-state index contributed by atoms with van der Waals surface area (Å²) in [7, 11) is 1.31. The number of anilines is 2. The molecule has 0 amide bonds. The first-order valence-corrected chi connectivity index (χ1v) is 6.77. The highest BCUT2D eigenvalue weighted by atomic mass is 32.2. The van der Waals surface area contributed by atoms with Gasteiger partial charge in [0.2, 0.25) is 0 Å². The van der Waals surface area contributed by atoms with E-state index in [1.807, 2.05) is 30.5 Å². The van der Waals surface area contributed by atoms with Crippen LogP contribution in [-0.4, -0.2) is 29.3 Å². The van der Waals surface area contributed by atoms with Gasteiger partial charge in [0.15, 0.2) is 5.69 Å². The second kappa shape index (κ2) is 6.19. The molecule has 0 unspecified atom stereocenters. The first kappa shape index (κ1) is 13.4. The SMILES string of the molecule is COC(=O)c1cncc(Nc2ccc(SC)cc2)n1. The van der Waals surface area contributed by atoms with Crippen molar-refractivity contribution in [2.75, 3.05) is 18.7 Å². The predicted molar refractivity (Wildman–Crippen MR) is 74.9 cm³/mol. The second-order valence-electron chi connectivity index (χ2n) is 3.63. The molecule has 0 saturated heterocycles. The summed E-state index contributed by atoms with van der Waals surface area (Å²) in [5.41, 5.74) is 1.06. The van der Waals surface area contributed by atoms with E-state index in [4.69, 9.17) is 0 Å². The molecule has 5 nitrogen and oxygen atoms in total. The number of hydrogen-bond acceptors (Lipinski definition) is 6. The fraction of sp³-hybridized carbons (Fsp3) is 0.154. The largest absolute Gasteiger partial charge is 0.464 e. The van der Waals surface area contributed by atoms with E-state index in [0.29, 0.717) is 5.82 Å². The molecule has 0 fully saturated rings. The summed E-state index contributed by atoms with van der Waals surface area (Å²) in [4.78, 5) is 20.6. The topological polar surface area (TPSA) is 64.1 Å². The molecule has 0 aliphatic rings. The molecular formula is C13H13N3O2S. The molecule has 2 rings (SSSR count). The average molecular weight is 275 g/mol. The summed E-state index contributed by atoms with van der Waals surface area (Å²) < 4.78 is 4.60. The van der Waals surface area contributed by atoms with Crippen LogP contribution in [0.2, 0.25) is 0 Å². The Kier molecular flexibility index (Phi) is 4.35. The van der Waals surface area contributed by atoms with Gasteiger partial charge >= 0.3 is 5.97 Å². The van der Waals surface area contributed by atoms with Crippen LogP contribution in [0.5, 0.6) is 0 Å². The van der Waals surface area contributed by atoms with E-state index in [-0.39, 0.29) is 5.69 Å². The number of nitrogens with zero attached hydrogens (tertiary/aromatic N) is 2. The lowest BCUT2D eigenvalue weighted by Gasteiger charge is -2.06. The molecule has 0 spiro atoms. The van der Waals surface area contributed by atoms with Gasteiger partial charge in [-0.25, -0.2) is 9.78 Å². The molecule has 0 radical (unpaired) electrons. The Bertz CT molecular complexity index is 572. The van der Waals surface area contributed by atoms with Crippen molar-refractivity contribution < 1.29 is 9.53 Å². The minimum absolute atomic E-state index is 0.174. The van der Waals surface area contributed by atoms with Crippen molar-refractivity contribution >= 4 is 29.2 Å². The number of methoxy groups -OCH3 is 1. The first-order chi connectivity index (χ1) is 9.22. The van der Waals surface area contributed by atoms with E-state index in [2.05, 4.69) is 20.0 Å². The summed E-state index contributed by atoms with van der Waals surface area (Å²) in [5.74, 6) is -0.00585. The van der Waals surface area contributed by atoms with Crippen molar-refractivity contribution in [2.45, 2.75) is 4.90 Å². The molecule has 0 aliphatic carbocycles. The quantitative estimate of drug-likeness (QED) is 0.683. The zero-order valence-corrected chi connectivity index (χ0v) is 11.4. The lowest BCUT2D eigenvalue weighted by molar-refractivity contribution is 0.0593. The fourth-order valence-electron chi connectivity index (χ4n) is 1.45. The van der Waals surface area contributed by atoms with Gasteiger partial charge in [-0.3, -0.25) is 4.98 Å². The standard InChI is InChI=1S/C13H13N3O2S/c1-18-13(17)11-7-14-8-12(16-11)15-9-3-5-10(19-2)6-4-9/h3-8H,1-2H3,(H,15,16). The Labute approximate surface area is 115 Å². The molecule has 1 heterocycles. The molecule has 1 N–H and O–H groups in total. The van der Waals surface area contributed by atoms with E-state index < -0.39 is 5.97 Å². The van der Waals surface area contributed by atoms with Crippen LogP contribution in [0.25, 0.3) is 0 Å². The Morgan fingerprint density at radius 1 is 1.26 bits per heavy atom. The number of nitrogens with one attached hydrogen (secondary N) is 1. The minimum atomic E-state index is -0.506. The highest BCUT2D eigenvalue weighted by molar-refractivity contribution is 7.98. The monoisotopic (exact) mass is 275 g/mol. The maximum Gasteiger partial charge on any atom is 0.358 e. The summed E-state index contributed by atoms with van der Waals surface area (Å²) >= 11 is 1.68. The highest BCUT2D eigenvalue weighted by Crippen LogP contribution is 2.19. The molecule has 98 valence electrons. The van der Waals surface area contributed by atoms with Crippen molar-refractivity contribution in [1.29, 1.82) is 0 Å². The Balaban J connectivity index is 2.16. The normalized spacial score (nSPS) is 10.0. The summed E-state index contributed by atoms with van der Waals surface area (Å²) in [6.45, 7) is 0. The molecule has 6 heteroatoms. The number of esters is 1. The zero-order chi connectivity index (χ0) is 13.7. The van der Waals surface area contributed by atoms with Gasteiger partial charge < -0.3 is 10.1 Å². The number of hydrogen-bond donors (Lipinski definition) is 1. The van der Waals surface area contributed by atoms with Gasteiger partial charge in [0.1, 0.15) is 5.82 Å². The molecular weight excluding hydrogens is 262 g/mol. The van der Waals surface area contributed by atoms with Crippen molar-refractivity contribution in [3.8, 4) is 0 Å². The van der Waals surface area contributed by atoms with Gasteiger partial charge in [0, 0.05) is 10.6 Å². The molecule has 0 aliphatic heterocycles. The van der Waals surface area contributed by atoms with E-state index >= 15 is 0 Å². The molecule has 0 saturated carbocycles. The van der Waals surface area contributed by atoms with E-state index in [0.717, 1.165) is 5.69 Å². The number of carbonyl (C=O) groups is 1. The fourth-order valence-corrected chi connectivity index (χ4v) is 1.86. The summed E-state index contributed by atoms with van der Waals surface area (Å²) in [6.07, 6.45) is 4.94. The van der Waals surface area contributed by atoms with Crippen LogP contribution >= 0.6 is 11.8 Å². The third-order valence-corrected chi connectivity index (χ3v) is 3.14. The van der Waals surface area contributed by atoms with E-state index in [1.165, 1.54) is 18.2 Å². The van der Waals surface area contributed by atoms with Crippen molar-refractivity contribution in [1.82, 2.24) is 9.97 Å². The molecule has 1 aromatic carbocycles. The Hall–Kier alpha value is -2.08. The lowest BCUT2D eigenvalue weighted by Crippen LogP contribution is -2.06. The number of thioether (sulfide) groups is 1. The molecule has 2 aromatic rings. The highest BCUT2D eigenvalue weighted by Gasteiger charge is 2.08. The van der Waals surface area contributed by atoms with Crippen LogP contribution in [0.3, 0.4) is 0 Å². The van der Waals surface area contributed by atoms with Gasteiger partial charge in [-0.2, -0.15) is 0 Å². The van der Waals surface area contributed by atoms with E-state index in [9.17, 15) is 4.79 Å². The molecule has 0 bridgehead atoms. The van der Waals surface area contributed by atoms with Gasteiger partial charge in [-0.15, -0.1) is 11.8 Å². The van der Waals surface area contributed by atoms with Crippen LogP contribution < -0.4 is 5.32 Å². The third kappa shape index (κ3) is 3.45. The number of aromatic nitrogens is 2. The predicted octanol–water partition coefficient (Wildman–Crippen LogP) is 2.73. The summed E-state index contributed by atoms with van der Waals surface area (Å²) in [6, 6.07) is 7.89. The number of ether oxygens (including phenoxy) is 1. The van der Waals surface area contributed by atoms with Gasteiger partial charge in [0.05, 0.1) is 19.5 Å². The zero-order valence-electron chi connectivity index (χ0n) is 10.6. The minimum Gasteiger partial charge on any atom is -0.464 e. The molecule has 0 atom stereocenters. The third-order valence-electron chi connectivity index (χ3n) is 2.39. The smallest absolute Gasteiger partial charge is 0.358 e. The molecule has 19 heavy (non-hydrogen) atoms. The van der Waals surface area contributed by atoms with Gasteiger partial charge in [-0.1, -0.05) is 0 Å². The van der Waals surface area contributed by atoms with Gasteiger partial charge in [0.25, 0.3) is 0 Å². The Morgan fingerprint density at radius 3 is 2.63 bits per heavy atom. The van der Waals surface area contributed by atoms with E-state index in [1.54, 1.807) is 18.0 Å². The molecule has 1 aromatic heterocycles. The lowest BCUT2D eigenvalue weighted by atomic mass is 10.3. The number of benzene rings is 1. The van der Waals surface area contributed by atoms with Gasteiger partial charge in [-0.05, 0) is 30.5 Å². The Morgan fingerprint density at radius 2 is 2.00 bits per heavy atom. The van der Waals surface area contributed by atoms with Crippen LogP contribution in [0.4, 0.5) is 11.5 Å². The number of rotatable bonds is 4.